The maximum Gasteiger partial charge on any atom is 0.217 e. The molecule has 0 unspecified atom stereocenters. The van der Waals surface area contributed by atoms with E-state index in [1.165, 1.54) is 6.92 Å². The quantitative estimate of drug-likeness (QED) is 0.498. The van der Waals surface area contributed by atoms with Crippen molar-refractivity contribution in [2.24, 2.45) is 0 Å². The van der Waals surface area contributed by atoms with Gasteiger partial charge in [0.05, 0.1) is 0 Å². The van der Waals surface area contributed by atoms with Crippen LogP contribution in [0.1, 0.15) is 6.92 Å². The Kier molecular flexibility index (Phi) is 2.41. The zero-order chi connectivity index (χ0) is 5.86. The molecule has 0 aliphatic carbocycles. The topological polar surface area (TPSA) is 29.1 Å². The maximum absolute atomic E-state index is 10.1. The van der Waals surface area contributed by atoms with Crippen LogP contribution in [0.3, 0.4) is 0 Å². The highest BCUT2D eigenvalue weighted by Gasteiger charge is 1.91. The zero-order valence-electron chi connectivity index (χ0n) is 4.40. The average molecular weight is 99.1 g/mol. The molecule has 0 saturated heterocycles. The standard InChI is InChI=1S/C5H9NO/c1-4(2)6-5(3)7/h4H,1-2H2,3H3,(H,6,7). The summed E-state index contributed by atoms with van der Waals surface area (Å²) in [5, 5.41) is 2.44. The first-order valence-electron chi connectivity index (χ1n) is 2.06. The molecule has 0 atom stereocenters. The molecule has 0 aromatic heterocycles. The lowest BCUT2D eigenvalue weighted by Crippen LogP contribution is -2.27. The fourth-order valence-corrected chi connectivity index (χ4v) is 0.287. The van der Waals surface area contributed by atoms with Crippen LogP contribution < -0.4 is 5.32 Å². The molecule has 0 heterocycles. The van der Waals surface area contributed by atoms with Gasteiger partial charge in [0.15, 0.2) is 0 Å². The second-order valence-corrected chi connectivity index (χ2v) is 1.40. The third kappa shape index (κ3) is 5.47. The van der Waals surface area contributed by atoms with Crippen LogP contribution in [0, 0.1) is 13.8 Å². The SMILES string of the molecule is [CH2]C([CH2])NC(C)=O. The summed E-state index contributed by atoms with van der Waals surface area (Å²) >= 11 is 0. The molecule has 0 aliphatic rings. The normalized spacial score (nSPS) is 9.14. The molecule has 2 radical (unpaired) electrons. The summed E-state index contributed by atoms with van der Waals surface area (Å²) in [6, 6.07) is -0.225. The van der Waals surface area contributed by atoms with E-state index in [2.05, 4.69) is 19.2 Å². The van der Waals surface area contributed by atoms with E-state index in [1.807, 2.05) is 0 Å². The van der Waals surface area contributed by atoms with Gasteiger partial charge in [-0.3, -0.25) is 4.79 Å². The second kappa shape index (κ2) is 2.61. The van der Waals surface area contributed by atoms with E-state index in [0.717, 1.165) is 0 Å². The van der Waals surface area contributed by atoms with Crippen molar-refractivity contribution in [1.29, 1.82) is 0 Å². The van der Waals surface area contributed by atoms with Crippen molar-refractivity contribution in [2.75, 3.05) is 0 Å². The number of hydrogen-bond donors (Lipinski definition) is 1. The maximum atomic E-state index is 10.1. The first-order chi connectivity index (χ1) is 3.13. The molecular formula is C5H9NO. The minimum atomic E-state index is -0.225. The Morgan fingerprint density at radius 2 is 2.14 bits per heavy atom. The lowest BCUT2D eigenvalue weighted by molar-refractivity contribution is -0.119. The number of rotatable bonds is 1. The van der Waals surface area contributed by atoms with Crippen LogP contribution in [0.15, 0.2) is 0 Å². The molecule has 0 bridgehead atoms. The summed E-state index contributed by atoms with van der Waals surface area (Å²) < 4.78 is 0. The lowest BCUT2D eigenvalue weighted by atomic mass is 10.4. The average Bonchev–Trinajstić information content (AvgIpc) is 1.27. The summed E-state index contributed by atoms with van der Waals surface area (Å²) in [4.78, 5) is 10.1. The Bertz CT molecular complexity index is 68.5. The molecule has 7 heavy (non-hydrogen) atoms. The van der Waals surface area contributed by atoms with Gasteiger partial charge in [-0.05, 0) is 13.8 Å². The first-order valence-corrected chi connectivity index (χ1v) is 2.06. The molecular weight excluding hydrogens is 90.1 g/mol. The largest absolute Gasteiger partial charge is 0.354 e. The fourth-order valence-electron chi connectivity index (χ4n) is 0.287. The zero-order valence-corrected chi connectivity index (χ0v) is 4.40. The number of carbonyl (C=O) groups excluding carboxylic acids is 1. The van der Waals surface area contributed by atoms with Crippen LogP contribution in [-0.4, -0.2) is 11.9 Å². The summed E-state index contributed by atoms with van der Waals surface area (Å²) in [7, 11) is 0. The summed E-state index contributed by atoms with van der Waals surface area (Å²) in [6.07, 6.45) is 0. The Labute approximate surface area is 43.9 Å². The van der Waals surface area contributed by atoms with Crippen molar-refractivity contribution < 1.29 is 4.79 Å². The summed E-state index contributed by atoms with van der Waals surface area (Å²) in [5.74, 6) is -0.0880. The van der Waals surface area contributed by atoms with Gasteiger partial charge >= 0.3 is 0 Å². The van der Waals surface area contributed by atoms with Crippen LogP contribution in [0.2, 0.25) is 0 Å². The highest BCUT2D eigenvalue weighted by atomic mass is 16.1. The predicted molar refractivity (Wildman–Crippen MR) is 28.3 cm³/mol. The van der Waals surface area contributed by atoms with Gasteiger partial charge in [0.1, 0.15) is 0 Å². The van der Waals surface area contributed by atoms with E-state index in [0.29, 0.717) is 0 Å². The molecule has 0 spiro atoms. The van der Waals surface area contributed by atoms with Gasteiger partial charge < -0.3 is 5.32 Å². The van der Waals surface area contributed by atoms with E-state index in [-0.39, 0.29) is 11.9 Å². The molecule has 0 aromatic rings. The van der Waals surface area contributed by atoms with Crippen molar-refractivity contribution >= 4 is 5.91 Å². The van der Waals surface area contributed by atoms with Gasteiger partial charge in [-0.25, -0.2) is 0 Å². The minimum Gasteiger partial charge on any atom is -0.354 e. The van der Waals surface area contributed by atoms with Crippen LogP contribution in [0.25, 0.3) is 0 Å². The molecule has 2 heteroatoms. The summed E-state index contributed by atoms with van der Waals surface area (Å²) in [5.41, 5.74) is 0. The molecule has 0 aliphatic heterocycles. The van der Waals surface area contributed by atoms with Gasteiger partial charge in [-0.2, -0.15) is 0 Å². The Morgan fingerprint density at radius 3 is 2.14 bits per heavy atom. The van der Waals surface area contributed by atoms with Crippen molar-refractivity contribution in [3.8, 4) is 0 Å². The number of hydrogen-bond acceptors (Lipinski definition) is 1. The molecule has 0 fully saturated rings. The van der Waals surface area contributed by atoms with E-state index in [4.69, 9.17) is 0 Å². The number of nitrogens with one attached hydrogen (secondary N) is 1. The van der Waals surface area contributed by atoms with E-state index >= 15 is 0 Å². The molecule has 1 N–H and O–H groups in total. The van der Waals surface area contributed by atoms with Crippen molar-refractivity contribution in [3.05, 3.63) is 13.8 Å². The van der Waals surface area contributed by atoms with Crippen LogP contribution in [0.4, 0.5) is 0 Å². The predicted octanol–water partition coefficient (Wildman–Crippen LogP) is 0.159. The molecule has 2 nitrogen and oxygen atoms in total. The van der Waals surface area contributed by atoms with Crippen LogP contribution >= 0.6 is 0 Å². The fraction of sp³-hybridized carbons (Fsp3) is 0.400. The smallest absolute Gasteiger partial charge is 0.217 e. The Morgan fingerprint density at radius 1 is 1.71 bits per heavy atom. The third-order valence-electron chi connectivity index (χ3n) is 0.407. The molecule has 1 amide bonds. The Balaban J connectivity index is 3.13. The van der Waals surface area contributed by atoms with Gasteiger partial charge in [0, 0.05) is 13.0 Å². The van der Waals surface area contributed by atoms with Crippen LogP contribution in [-0.2, 0) is 4.79 Å². The number of amides is 1. The van der Waals surface area contributed by atoms with E-state index in [1.54, 1.807) is 0 Å². The molecule has 0 aromatic carbocycles. The molecule has 0 saturated carbocycles. The lowest BCUT2D eigenvalue weighted by Gasteiger charge is -2.01. The first kappa shape index (κ1) is 6.47. The monoisotopic (exact) mass is 99.1 g/mol. The Hall–Kier alpha value is -0.530. The minimum absolute atomic E-state index is 0.0880. The van der Waals surface area contributed by atoms with Crippen molar-refractivity contribution in [3.63, 3.8) is 0 Å². The summed E-state index contributed by atoms with van der Waals surface area (Å²) in [6.45, 7) is 8.30. The highest BCUT2D eigenvalue weighted by molar-refractivity contribution is 5.73. The van der Waals surface area contributed by atoms with E-state index in [9.17, 15) is 4.79 Å². The van der Waals surface area contributed by atoms with E-state index < -0.39 is 0 Å². The number of carbonyl (C=O) groups is 1. The van der Waals surface area contributed by atoms with Gasteiger partial charge in [0.2, 0.25) is 5.91 Å². The second-order valence-electron chi connectivity index (χ2n) is 1.40. The van der Waals surface area contributed by atoms with Gasteiger partial charge in [0.25, 0.3) is 0 Å². The van der Waals surface area contributed by atoms with Crippen LogP contribution in [0.5, 0.6) is 0 Å². The van der Waals surface area contributed by atoms with Gasteiger partial charge in [-0.1, -0.05) is 0 Å². The van der Waals surface area contributed by atoms with Crippen molar-refractivity contribution in [2.45, 2.75) is 13.0 Å². The highest BCUT2D eigenvalue weighted by Crippen LogP contribution is 1.71. The van der Waals surface area contributed by atoms with Gasteiger partial charge in [-0.15, -0.1) is 0 Å². The molecule has 0 rings (SSSR count). The third-order valence-corrected chi connectivity index (χ3v) is 0.407. The molecule has 40 valence electrons. The van der Waals surface area contributed by atoms with Crippen molar-refractivity contribution in [1.82, 2.24) is 5.32 Å².